The minimum atomic E-state index is -4.57. The molecule has 0 N–H and O–H groups in total. The minimum absolute atomic E-state index is 0.929. The van der Waals surface area contributed by atoms with Gasteiger partial charge in [0, 0.05) is 0 Å². The highest BCUT2D eigenvalue weighted by Gasteiger charge is 2.75. The molecule has 0 saturated heterocycles. The third-order valence-corrected chi connectivity index (χ3v) is 3.33. The molecule has 0 rings (SSSR count). The molecule has 0 aromatic heterocycles. The average molecular weight is 462 g/mol. The van der Waals surface area contributed by atoms with Crippen molar-refractivity contribution in [2.75, 3.05) is 19.8 Å². The zero-order valence-corrected chi connectivity index (χ0v) is 14.1. The zero-order chi connectivity index (χ0) is 24.9. The molecule has 172 valence electrons. The Balaban J connectivity index is 6.36. The van der Waals surface area contributed by atoms with Crippen LogP contribution in [0.3, 0.4) is 0 Å². The molecule has 0 amide bonds. The van der Waals surface area contributed by atoms with Crippen LogP contribution in [0, 0.1) is 80.9 Å². The number of nitrogens with zero attached hydrogens (tertiary/aromatic N) is 10. The number of rotatable bonds is 14. The van der Waals surface area contributed by atoms with Crippen molar-refractivity contribution in [2.24, 2.45) is 0 Å². The molecule has 0 atom stereocenters. The van der Waals surface area contributed by atoms with Gasteiger partial charge in [-0.3, -0.25) is 60.7 Å². The highest BCUT2D eigenvalue weighted by Crippen LogP contribution is 2.18. The molecule has 26 heteroatoms. The largest absolute Gasteiger partial charge is 0.723 e. The Bertz CT molecular complexity index is 712. The van der Waals surface area contributed by atoms with E-state index in [1.54, 1.807) is 0 Å². The van der Waals surface area contributed by atoms with Crippen molar-refractivity contribution in [1.29, 1.82) is 0 Å². The fourth-order valence-electron chi connectivity index (χ4n) is 1.74. The topological polar surface area (TPSA) is 352 Å². The molecule has 0 spiro atoms. The van der Waals surface area contributed by atoms with Gasteiger partial charge in [-0.1, -0.05) is 10.0 Å². The van der Waals surface area contributed by atoms with E-state index in [4.69, 9.17) is 0 Å². The average Bonchev–Trinajstić information content (AvgIpc) is 2.58. The Labute approximate surface area is 163 Å². The monoisotopic (exact) mass is 462 g/mol. The van der Waals surface area contributed by atoms with Crippen LogP contribution in [0.15, 0.2) is 0 Å². The molecule has 0 heterocycles. The first kappa shape index (κ1) is 25.8. The first-order valence-corrected chi connectivity index (χ1v) is 6.63. The molecule has 0 unspecified atom stereocenters. The molecule has 0 bridgehead atoms. The van der Waals surface area contributed by atoms with Crippen molar-refractivity contribution in [3.05, 3.63) is 80.9 Å². The predicted molar refractivity (Wildman–Crippen MR) is 79.7 cm³/mol. The van der Waals surface area contributed by atoms with E-state index in [-0.39, 0.29) is 0 Å². The Hall–Kier alpha value is -5.20. The highest BCUT2D eigenvalue weighted by molar-refractivity contribution is 4.61. The van der Waals surface area contributed by atoms with Crippen LogP contribution in [-0.2, 0) is 0 Å². The second-order valence-corrected chi connectivity index (χ2v) is 5.04. The number of hydrazine groups is 2. The van der Waals surface area contributed by atoms with Crippen LogP contribution >= 0.6 is 0 Å². The Morgan fingerprint density at radius 2 is 0.645 bits per heavy atom. The standard InChI is InChI=1S/C5H6N10O16/c16-8(17)4(9(18)19,10(20)21)1-6(14(28)29)3-7(15(30)31)2-5(11(22)23,12(24)25)13(26)27/h1-3H2. The normalized spacial score (nSPS) is 11.1. The van der Waals surface area contributed by atoms with Crippen molar-refractivity contribution in [1.82, 2.24) is 10.0 Å². The van der Waals surface area contributed by atoms with Crippen LogP contribution in [0.1, 0.15) is 0 Å². The number of nitro groups is 8. The molecular weight excluding hydrogens is 456 g/mol. The Morgan fingerprint density at radius 1 is 0.452 bits per heavy atom. The molecule has 0 aromatic carbocycles. The van der Waals surface area contributed by atoms with Crippen molar-refractivity contribution in [3.63, 3.8) is 0 Å². The fraction of sp³-hybridized carbons (Fsp3) is 1.00. The van der Waals surface area contributed by atoms with Gasteiger partial charge >= 0.3 is 24.7 Å². The molecule has 26 nitrogen and oxygen atoms in total. The van der Waals surface area contributed by atoms with Crippen LogP contribution in [0.4, 0.5) is 0 Å². The first-order chi connectivity index (χ1) is 14.0. The summed E-state index contributed by atoms with van der Waals surface area (Å²) in [6.45, 7) is -7.02. The zero-order valence-electron chi connectivity index (χ0n) is 14.1. The van der Waals surface area contributed by atoms with E-state index in [0.29, 0.717) is 0 Å². The second kappa shape index (κ2) is 8.87. The van der Waals surface area contributed by atoms with Gasteiger partial charge in [0.1, 0.15) is 0 Å². The number of hydrogen-bond donors (Lipinski definition) is 0. The van der Waals surface area contributed by atoms with Crippen LogP contribution < -0.4 is 0 Å². The maximum Gasteiger partial charge on any atom is 0.723 e. The summed E-state index contributed by atoms with van der Waals surface area (Å²) in [5, 5.41) is 81.4. The molecule has 0 aliphatic carbocycles. The third-order valence-electron chi connectivity index (χ3n) is 3.33. The van der Waals surface area contributed by atoms with E-state index in [1.807, 2.05) is 0 Å². The summed E-state index contributed by atoms with van der Waals surface area (Å²) in [6, 6.07) is 0. The van der Waals surface area contributed by atoms with Crippen molar-refractivity contribution in [3.8, 4) is 0 Å². The van der Waals surface area contributed by atoms with Gasteiger partial charge in [0.2, 0.25) is 6.67 Å². The summed E-state index contributed by atoms with van der Waals surface area (Å²) in [6.07, 6.45) is 0. The number of hydrogen-bond acceptors (Lipinski definition) is 16. The third kappa shape index (κ3) is 4.62. The minimum Gasteiger partial charge on any atom is -0.253 e. The summed E-state index contributed by atoms with van der Waals surface area (Å²) in [4.78, 5) is 73.8. The van der Waals surface area contributed by atoms with Gasteiger partial charge in [-0.2, -0.15) is 0 Å². The van der Waals surface area contributed by atoms with E-state index < -0.39 is 81.0 Å². The fourth-order valence-corrected chi connectivity index (χ4v) is 1.74. The van der Waals surface area contributed by atoms with Gasteiger partial charge in [0.15, 0.2) is 39.6 Å². The van der Waals surface area contributed by atoms with E-state index in [2.05, 4.69) is 0 Å². The summed E-state index contributed by atoms with van der Waals surface area (Å²) in [5.41, 5.74) is 0. The molecule has 0 radical (unpaired) electrons. The van der Waals surface area contributed by atoms with Crippen LogP contribution in [-0.4, -0.2) is 81.0 Å². The van der Waals surface area contributed by atoms with Crippen molar-refractivity contribution >= 4 is 0 Å². The summed E-state index contributed by atoms with van der Waals surface area (Å²) < 4.78 is 0. The van der Waals surface area contributed by atoms with E-state index >= 15 is 0 Å². The highest BCUT2D eigenvalue weighted by atomic mass is 16.8. The summed E-state index contributed by atoms with van der Waals surface area (Å²) in [5.74, 6) is -9.14. The van der Waals surface area contributed by atoms with Crippen molar-refractivity contribution in [2.45, 2.75) is 11.6 Å². The van der Waals surface area contributed by atoms with Gasteiger partial charge < -0.3 is 0 Å². The van der Waals surface area contributed by atoms with Crippen LogP contribution in [0.25, 0.3) is 0 Å². The molecular formula is C5H6N10O16. The molecule has 0 aliphatic heterocycles. The molecule has 0 saturated carbocycles. The maximum absolute atomic E-state index is 11.0. The second-order valence-electron chi connectivity index (χ2n) is 5.04. The van der Waals surface area contributed by atoms with Gasteiger partial charge in [0.05, 0.1) is 0 Å². The lowest BCUT2D eigenvalue weighted by molar-refractivity contribution is -0.976. The van der Waals surface area contributed by atoms with E-state index in [9.17, 15) is 80.9 Å². The predicted octanol–water partition coefficient (Wildman–Crippen LogP) is -3.10. The maximum atomic E-state index is 11.0. The van der Waals surface area contributed by atoms with E-state index in [0.717, 1.165) is 0 Å². The van der Waals surface area contributed by atoms with Gasteiger partial charge in [0.25, 0.3) is 0 Å². The summed E-state index contributed by atoms with van der Waals surface area (Å²) >= 11 is 0. The van der Waals surface area contributed by atoms with Crippen LogP contribution in [0.5, 0.6) is 0 Å². The first-order valence-electron chi connectivity index (χ1n) is 6.63. The Morgan fingerprint density at radius 3 is 0.774 bits per heavy atom. The van der Waals surface area contributed by atoms with Crippen LogP contribution in [0.2, 0.25) is 0 Å². The SMILES string of the molecule is O=[N+]([O-])N(CN(CC([N+](=O)[O-])([N+](=O)[O-])[N+](=O)[O-])[N+](=O)[O-])CC([N+](=O)[O-])([N+](=O)[O-])[N+](=O)[O-]. The summed E-state index contributed by atoms with van der Waals surface area (Å²) in [7, 11) is 0. The lowest BCUT2D eigenvalue weighted by atomic mass is 10.3. The van der Waals surface area contributed by atoms with E-state index in [1.165, 1.54) is 0 Å². The Kier molecular flexibility index (Phi) is 7.38. The molecule has 0 fully saturated rings. The quantitative estimate of drug-likeness (QED) is 0.140. The van der Waals surface area contributed by atoms with Gasteiger partial charge in [-0.05, 0) is 0 Å². The lowest BCUT2D eigenvalue weighted by Gasteiger charge is -2.19. The lowest BCUT2D eigenvalue weighted by Crippen LogP contribution is -2.65. The molecule has 0 aliphatic rings. The smallest absolute Gasteiger partial charge is 0.253 e. The van der Waals surface area contributed by atoms with Gasteiger partial charge in [-0.15, -0.1) is 0 Å². The van der Waals surface area contributed by atoms with Gasteiger partial charge in [-0.25, -0.2) is 20.2 Å². The molecule has 0 aromatic rings. The molecule has 31 heavy (non-hydrogen) atoms. The van der Waals surface area contributed by atoms with Crippen molar-refractivity contribution < 1.29 is 39.6 Å².